The van der Waals surface area contributed by atoms with Crippen LogP contribution in [0.25, 0.3) is 65.0 Å². The first-order chi connectivity index (χ1) is 25.3. The van der Waals surface area contributed by atoms with Gasteiger partial charge in [0.25, 0.3) is 0 Å². The van der Waals surface area contributed by atoms with Crippen molar-refractivity contribution < 1.29 is 8.39 Å². The average molecular weight is 680 g/mol. The minimum Gasteiger partial charge on any atom is -0.408 e. The Kier molecular flexibility index (Phi) is 7.63. The normalized spacial score (nSPS) is 14.2. The molecule has 0 atom stereocenters. The Bertz CT molecular complexity index is 2590. The maximum atomic E-state index is 7.43. The molecule has 10 rings (SSSR count). The molecular formula is C47H38NO2P. The monoisotopic (exact) mass is 679 g/mol. The Labute approximate surface area is 298 Å². The molecule has 51 heavy (non-hydrogen) atoms. The summed E-state index contributed by atoms with van der Waals surface area (Å²) < 4.78 is 17.5. The quantitative estimate of drug-likeness (QED) is 0.181. The summed E-state index contributed by atoms with van der Waals surface area (Å²) in [7, 11) is -1.63. The van der Waals surface area contributed by atoms with Crippen LogP contribution in [-0.2, 0) is 0 Å². The summed E-state index contributed by atoms with van der Waals surface area (Å²) in [4.78, 5) is 0. The fourth-order valence-corrected chi connectivity index (χ4v) is 10.5. The van der Waals surface area contributed by atoms with Crippen molar-refractivity contribution in [1.29, 1.82) is 0 Å². The summed E-state index contributed by atoms with van der Waals surface area (Å²) in [6, 6.07) is 57.5. The van der Waals surface area contributed by atoms with Gasteiger partial charge in [-0.15, -0.1) is 0 Å². The zero-order valence-corrected chi connectivity index (χ0v) is 29.3. The number of fused-ring (bicyclic) bond motifs is 9. The van der Waals surface area contributed by atoms with Crippen molar-refractivity contribution in [2.75, 3.05) is 4.67 Å². The lowest BCUT2D eigenvalue weighted by Gasteiger charge is -2.38. The van der Waals surface area contributed by atoms with E-state index in [0.29, 0.717) is 0 Å². The van der Waals surface area contributed by atoms with Crippen molar-refractivity contribution in [3.05, 3.63) is 169 Å². The summed E-state index contributed by atoms with van der Waals surface area (Å²) >= 11 is 0. The highest BCUT2D eigenvalue weighted by Gasteiger charge is 2.36. The van der Waals surface area contributed by atoms with Gasteiger partial charge >= 0.3 is 8.16 Å². The van der Waals surface area contributed by atoms with Gasteiger partial charge in [0.2, 0.25) is 0 Å². The van der Waals surface area contributed by atoms with E-state index in [9.17, 15) is 0 Å². The van der Waals surface area contributed by atoms with Crippen LogP contribution in [0.3, 0.4) is 0 Å². The SMILES string of the molecule is c1ccc2c(C(c3cccc4ccccc34)N(C3CCCCC3)p3oc4ccc5ccccc5c4c4c(ccc5ccccc54)o3)cccc2c1. The highest BCUT2D eigenvalue weighted by molar-refractivity contribution is 7.39. The molecule has 0 unspecified atom stereocenters. The minimum absolute atomic E-state index is 0.109. The molecule has 9 aromatic rings. The molecule has 0 aliphatic heterocycles. The summed E-state index contributed by atoms with van der Waals surface area (Å²) in [5.41, 5.74) is 4.33. The third kappa shape index (κ3) is 5.23. The van der Waals surface area contributed by atoms with Gasteiger partial charge in [0.15, 0.2) is 0 Å². The standard InChI is InChI=1S/C47H38NO2P/c1-2-20-36(21-3-1)48(47(41-26-12-18-32-14-4-8-22-37(32)41)42-27-13-19-33-15-5-9-23-38(33)42)51-49-43-30-28-34-16-6-10-24-39(34)45(43)46-40-25-11-7-17-35(40)29-31-44(46)50-51/h4-19,22-31,36,47H,1-3,20-21H2. The fraction of sp³-hybridized carbons (Fsp3) is 0.149. The van der Waals surface area contributed by atoms with E-state index in [2.05, 4.69) is 162 Å². The van der Waals surface area contributed by atoms with Crippen LogP contribution in [0.5, 0.6) is 0 Å². The zero-order valence-electron chi connectivity index (χ0n) is 28.4. The summed E-state index contributed by atoms with van der Waals surface area (Å²) in [6.45, 7) is 0. The number of benzene rings is 8. The predicted octanol–water partition coefficient (Wildman–Crippen LogP) is 14.0. The molecule has 1 aliphatic rings. The van der Waals surface area contributed by atoms with Gasteiger partial charge in [-0.2, -0.15) is 4.67 Å². The highest BCUT2D eigenvalue weighted by Crippen LogP contribution is 2.50. The van der Waals surface area contributed by atoms with Crippen LogP contribution in [0.2, 0.25) is 0 Å². The lowest BCUT2D eigenvalue weighted by atomic mass is 9.88. The Morgan fingerprint density at radius 2 is 0.843 bits per heavy atom. The summed E-state index contributed by atoms with van der Waals surface area (Å²) in [6.07, 6.45) is 5.87. The second-order valence-corrected chi connectivity index (χ2v) is 15.3. The van der Waals surface area contributed by atoms with E-state index in [1.165, 1.54) is 73.5 Å². The van der Waals surface area contributed by atoms with Gasteiger partial charge in [-0.1, -0.05) is 165 Å². The first-order valence-corrected chi connectivity index (χ1v) is 19.4. The lowest BCUT2D eigenvalue weighted by molar-refractivity contribution is 0.407. The number of nitrogens with zero attached hydrogens (tertiary/aromatic N) is 1. The van der Waals surface area contributed by atoms with E-state index in [0.717, 1.165) is 34.8 Å². The zero-order chi connectivity index (χ0) is 33.7. The predicted molar refractivity (Wildman–Crippen MR) is 216 cm³/mol. The lowest BCUT2D eigenvalue weighted by Crippen LogP contribution is -2.38. The van der Waals surface area contributed by atoms with Gasteiger partial charge in [0, 0.05) is 16.8 Å². The average Bonchev–Trinajstić information content (AvgIpc) is 3.37. The van der Waals surface area contributed by atoms with Gasteiger partial charge in [0.1, 0.15) is 11.2 Å². The molecule has 1 aromatic heterocycles. The first-order valence-electron chi connectivity index (χ1n) is 18.3. The molecule has 0 radical (unpaired) electrons. The number of rotatable bonds is 5. The third-order valence-corrected chi connectivity index (χ3v) is 12.7. The van der Waals surface area contributed by atoms with Gasteiger partial charge in [-0.3, -0.25) is 0 Å². The van der Waals surface area contributed by atoms with Gasteiger partial charge in [0.05, 0.1) is 6.04 Å². The molecule has 4 heteroatoms. The largest absolute Gasteiger partial charge is 0.408 e. The van der Waals surface area contributed by atoms with Crippen molar-refractivity contribution in [2.45, 2.75) is 44.2 Å². The van der Waals surface area contributed by atoms with Crippen molar-refractivity contribution in [3.63, 3.8) is 0 Å². The van der Waals surface area contributed by atoms with Crippen molar-refractivity contribution in [2.24, 2.45) is 0 Å². The van der Waals surface area contributed by atoms with Gasteiger partial charge < -0.3 is 8.39 Å². The second kappa shape index (κ2) is 12.8. The van der Waals surface area contributed by atoms with E-state index >= 15 is 0 Å². The summed E-state index contributed by atoms with van der Waals surface area (Å²) in [5, 5.41) is 12.0. The van der Waals surface area contributed by atoms with Gasteiger partial charge in [-0.25, -0.2) is 0 Å². The Morgan fingerprint density at radius 1 is 0.431 bits per heavy atom. The molecule has 0 bridgehead atoms. The van der Waals surface area contributed by atoms with Crippen LogP contribution in [0.4, 0.5) is 0 Å². The molecule has 0 spiro atoms. The first kappa shape index (κ1) is 30.5. The number of hydrogen-bond donors (Lipinski definition) is 0. The fourth-order valence-electron chi connectivity index (χ4n) is 8.67. The van der Waals surface area contributed by atoms with E-state index in [4.69, 9.17) is 8.39 Å². The topological polar surface area (TPSA) is 29.5 Å². The van der Waals surface area contributed by atoms with Crippen LogP contribution in [-0.4, -0.2) is 6.04 Å². The highest BCUT2D eigenvalue weighted by atomic mass is 31.1. The Morgan fingerprint density at radius 3 is 1.33 bits per heavy atom. The molecule has 3 nitrogen and oxygen atoms in total. The molecule has 0 N–H and O–H groups in total. The van der Waals surface area contributed by atoms with E-state index in [1.807, 2.05) is 0 Å². The molecule has 1 heterocycles. The van der Waals surface area contributed by atoms with Gasteiger partial charge in [-0.05, 0) is 79.2 Å². The molecule has 8 aromatic carbocycles. The Hall–Kier alpha value is -5.34. The maximum absolute atomic E-state index is 7.43. The second-order valence-electron chi connectivity index (χ2n) is 14.0. The molecule has 1 aliphatic carbocycles. The van der Waals surface area contributed by atoms with Crippen molar-refractivity contribution in [1.82, 2.24) is 0 Å². The smallest absolute Gasteiger partial charge is 0.310 e. The van der Waals surface area contributed by atoms with E-state index in [-0.39, 0.29) is 12.1 Å². The minimum atomic E-state index is -1.63. The van der Waals surface area contributed by atoms with Crippen LogP contribution in [0.15, 0.2) is 166 Å². The Balaban J connectivity index is 1.36. The molecule has 0 saturated heterocycles. The van der Waals surface area contributed by atoms with Crippen LogP contribution in [0, 0.1) is 0 Å². The van der Waals surface area contributed by atoms with Crippen molar-refractivity contribution in [3.8, 4) is 0 Å². The van der Waals surface area contributed by atoms with E-state index < -0.39 is 8.16 Å². The summed E-state index contributed by atoms with van der Waals surface area (Å²) in [5.74, 6) is 0. The van der Waals surface area contributed by atoms with Crippen LogP contribution in [0.1, 0.15) is 49.3 Å². The van der Waals surface area contributed by atoms with E-state index in [1.54, 1.807) is 0 Å². The molecule has 1 fully saturated rings. The van der Waals surface area contributed by atoms with Crippen LogP contribution < -0.4 is 4.67 Å². The molecule has 0 amide bonds. The molecular weight excluding hydrogens is 641 g/mol. The molecule has 1 saturated carbocycles. The molecule has 248 valence electrons. The van der Waals surface area contributed by atoms with Crippen molar-refractivity contribution >= 4 is 73.2 Å². The maximum Gasteiger partial charge on any atom is 0.310 e. The van der Waals surface area contributed by atoms with Crippen LogP contribution >= 0.6 is 8.16 Å². The third-order valence-electron chi connectivity index (χ3n) is 11.0. The number of hydrogen-bond acceptors (Lipinski definition) is 3.